The highest BCUT2D eigenvalue weighted by molar-refractivity contribution is 6.09. The normalized spacial score (nSPS) is 14.9. The van der Waals surface area contributed by atoms with Gasteiger partial charge in [-0.2, -0.15) is 0 Å². The van der Waals surface area contributed by atoms with Gasteiger partial charge < -0.3 is 25.4 Å². The number of carboxylic acid groups (broad SMARTS) is 1. The van der Waals surface area contributed by atoms with Crippen molar-refractivity contribution in [3.05, 3.63) is 95.6 Å². The number of nitrogens with zero attached hydrogens (tertiary/aromatic N) is 2. The Morgan fingerprint density at radius 1 is 0.929 bits per heavy atom. The van der Waals surface area contributed by atoms with Crippen molar-refractivity contribution in [1.29, 1.82) is 0 Å². The summed E-state index contributed by atoms with van der Waals surface area (Å²) in [4.78, 5) is 54.2. The molecule has 0 bridgehead atoms. The van der Waals surface area contributed by atoms with Gasteiger partial charge in [0.25, 0.3) is 5.91 Å². The van der Waals surface area contributed by atoms with Crippen LogP contribution in [-0.2, 0) is 22.5 Å². The number of rotatable bonds is 8. The molecule has 3 aromatic carbocycles. The molecule has 3 aromatic rings. The average molecular weight is 573 g/mol. The Hall–Kier alpha value is -4.86. The number of benzene rings is 3. The predicted molar refractivity (Wildman–Crippen MR) is 160 cm³/mol. The Labute approximate surface area is 245 Å². The first-order valence-electron chi connectivity index (χ1n) is 13.8. The number of urea groups is 1. The number of carboxylic acids is 1. The highest BCUT2D eigenvalue weighted by Crippen LogP contribution is 2.30. The van der Waals surface area contributed by atoms with Gasteiger partial charge in [-0.25, -0.2) is 9.59 Å². The number of aliphatic carboxylic acids is 1. The van der Waals surface area contributed by atoms with Crippen LogP contribution in [0.4, 0.5) is 21.0 Å². The number of amides is 4. The van der Waals surface area contributed by atoms with Gasteiger partial charge >= 0.3 is 18.1 Å². The molecule has 0 spiro atoms. The van der Waals surface area contributed by atoms with Crippen LogP contribution in [0.3, 0.4) is 0 Å². The van der Waals surface area contributed by atoms with Crippen LogP contribution in [0.1, 0.15) is 48.7 Å². The zero-order valence-corrected chi connectivity index (χ0v) is 24.0. The molecule has 0 radical (unpaired) electrons. The zero-order valence-electron chi connectivity index (χ0n) is 24.0. The molecular weight excluding hydrogens is 536 g/mol. The van der Waals surface area contributed by atoms with Crippen molar-refractivity contribution >= 4 is 35.4 Å². The molecule has 220 valence electrons. The summed E-state index contributed by atoms with van der Waals surface area (Å²) in [5.74, 6) is -1.33. The smallest absolute Gasteiger partial charge is 0.407 e. The lowest BCUT2D eigenvalue weighted by Gasteiger charge is -2.31. The second kappa shape index (κ2) is 13.2. The van der Waals surface area contributed by atoms with Crippen molar-refractivity contribution in [3.8, 4) is 0 Å². The minimum absolute atomic E-state index is 0.0648. The fourth-order valence-electron chi connectivity index (χ4n) is 4.76. The lowest BCUT2D eigenvalue weighted by molar-refractivity contribution is -0.137. The van der Waals surface area contributed by atoms with Crippen LogP contribution in [-0.4, -0.2) is 58.7 Å². The molecule has 42 heavy (non-hydrogen) atoms. The second-order valence-corrected chi connectivity index (χ2v) is 11.1. The third-order valence-corrected chi connectivity index (χ3v) is 6.66. The van der Waals surface area contributed by atoms with E-state index in [0.717, 1.165) is 11.1 Å². The molecule has 1 aliphatic rings. The van der Waals surface area contributed by atoms with E-state index in [0.29, 0.717) is 29.9 Å². The van der Waals surface area contributed by atoms with Crippen LogP contribution < -0.4 is 15.5 Å². The van der Waals surface area contributed by atoms with Crippen molar-refractivity contribution in [1.82, 2.24) is 10.2 Å². The molecule has 1 aliphatic heterocycles. The summed E-state index contributed by atoms with van der Waals surface area (Å²) in [6, 6.07) is 22.0. The summed E-state index contributed by atoms with van der Waals surface area (Å²) < 4.78 is 5.25. The predicted octanol–water partition coefficient (Wildman–Crippen LogP) is 5.29. The van der Waals surface area contributed by atoms with Crippen LogP contribution in [0.2, 0.25) is 0 Å². The van der Waals surface area contributed by atoms with E-state index in [-0.39, 0.29) is 25.4 Å². The van der Waals surface area contributed by atoms with Gasteiger partial charge in [-0.3, -0.25) is 14.5 Å². The molecule has 1 atom stereocenters. The summed E-state index contributed by atoms with van der Waals surface area (Å²) in [7, 11) is 0. The zero-order chi connectivity index (χ0) is 30.3. The Kier molecular flexibility index (Phi) is 9.46. The number of alkyl carbamates (subject to hydrolysis) is 1. The van der Waals surface area contributed by atoms with Crippen molar-refractivity contribution in [2.24, 2.45) is 0 Å². The van der Waals surface area contributed by atoms with Crippen LogP contribution in [0.5, 0.6) is 0 Å². The number of nitrogens with one attached hydrogen (secondary N) is 2. The molecule has 0 saturated carbocycles. The molecule has 1 heterocycles. The molecule has 4 amide bonds. The highest BCUT2D eigenvalue weighted by atomic mass is 16.6. The lowest BCUT2D eigenvalue weighted by Crippen LogP contribution is -2.49. The number of carbonyl (C=O) groups excluding carboxylic acids is 3. The van der Waals surface area contributed by atoms with E-state index in [1.54, 1.807) is 74.2 Å². The number of anilines is 2. The van der Waals surface area contributed by atoms with Crippen LogP contribution in [0.25, 0.3) is 0 Å². The number of hydrogen-bond acceptors (Lipinski definition) is 5. The molecule has 4 rings (SSSR count). The fourth-order valence-corrected chi connectivity index (χ4v) is 4.76. The number of hydrogen-bond donors (Lipinski definition) is 3. The quantitative estimate of drug-likeness (QED) is 0.336. The van der Waals surface area contributed by atoms with Crippen molar-refractivity contribution in [3.63, 3.8) is 0 Å². The summed E-state index contributed by atoms with van der Waals surface area (Å²) in [5, 5.41) is 15.3. The fraction of sp³-hybridized carbons (Fsp3) is 0.312. The van der Waals surface area contributed by atoms with E-state index in [1.807, 2.05) is 30.3 Å². The van der Waals surface area contributed by atoms with E-state index in [1.165, 1.54) is 4.90 Å². The van der Waals surface area contributed by atoms with Gasteiger partial charge in [0.15, 0.2) is 0 Å². The maximum absolute atomic E-state index is 13.7. The summed E-state index contributed by atoms with van der Waals surface area (Å²) in [5.41, 5.74) is 2.40. The second-order valence-electron chi connectivity index (χ2n) is 11.1. The van der Waals surface area contributed by atoms with Crippen LogP contribution in [0, 0.1) is 0 Å². The topological polar surface area (TPSA) is 128 Å². The maximum Gasteiger partial charge on any atom is 0.407 e. The van der Waals surface area contributed by atoms with Gasteiger partial charge in [0.05, 0.1) is 23.7 Å². The van der Waals surface area contributed by atoms with Gasteiger partial charge in [-0.15, -0.1) is 0 Å². The van der Waals surface area contributed by atoms with Crippen molar-refractivity contribution in [2.45, 2.75) is 51.8 Å². The monoisotopic (exact) mass is 572 g/mol. The van der Waals surface area contributed by atoms with Gasteiger partial charge in [0.2, 0.25) is 0 Å². The summed E-state index contributed by atoms with van der Waals surface area (Å²) in [6.45, 7) is 6.03. The minimum atomic E-state index is -1.07. The third-order valence-electron chi connectivity index (χ3n) is 6.66. The van der Waals surface area contributed by atoms with E-state index in [2.05, 4.69) is 10.6 Å². The molecule has 3 N–H and O–H groups in total. The first-order valence-corrected chi connectivity index (χ1v) is 13.8. The number of ether oxygens (including phenoxy) is 1. The van der Waals surface area contributed by atoms with Crippen molar-refractivity contribution < 1.29 is 29.0 Å². The summed E-state index contributed by atoms with van der Waals surface area (Å²) >= 11 is 0. The minimum Gasteiger partial charge on any atom is -0.481 e. The molecule has 10 heteroatoms. The Balaban J connectivity index is 1.52. The Morgan fingerprint density at radius 3 is 2.26 bits per heavy atom. The third kappa shape index (κ3) is 8.09. The SMILES string of the molecule is CC(C)(C)OC(=O)NCc1ccc(NC(=O)N2c3ccccc3C(=O)N(CCc3ccccc3)CC2CC(=O)O)cc1. The average Bonchev–Trinajstić information content (AvgIpc) is 3.05. The van der Waals surface area contributed by atoms with E-state index in [9.17, 15) is 24.3 Å². The van der Waals surface area contributed by atoms with Crippen LogP contribution >= 0.6 is 0 Å². The van der Waals surface area contributed by atoms with E-state index in [4.69, 9.17) is 4.74 Å². The van der Waals surface area contributed by atoms with E-state index < -0.39 is 29.7 Å². The van der Waals surface area contributed by atoms with Gasteiger partial charge in [0.1, 0.15) is 5.60 Å². The molecule has 0 fully saturated rings. The molecule has 0 aliphatic carbocycles. The summed E-state index contributed by atoms with van der Waals surface area (Å²) in [6.07, 6.45) is -0.279. The highest BCUT2D eigenvalue weighted by Gasteiger charge is 2.37. The van der Waals surface area contributed by atoms with Crippen LogP contribution in [0.15, 0.2) is 78.9 Å². The standard InChI is InChI=1S/C32H36N4O6/c1-32(2,3)42-31(41)33-20-23-13-15-24(16-14-23)34-30(40)36-25(19-28(37)38)21-35(18-17-22-9-5-4-6-10-22)29(39)26-11-7-8-12-27(26)36/h4-16,25H,17-21H2,1-3H3,(H,33,41)(H,34,40)(H,37,38). The largest absolute Gasteiger partial charge is 0.481 e. The lowest BCUT2D eigenvalue weighted by atomic mass is 10.1. The number of para-hydroxylation sites is 1. The first-order chi connectivity index (χ1) is 20.0. The van der Waals surface area contributed by atoms with Crippen molar-refractivity contribution in [2.75, 3.05) is 23.3 Å². The molecular formula is C32H36N4O6. The van der Waals surface area contributed by atoms with Gasteiger partial charge in [-0.1, -0.05) is 54.6 Å². The number of carbonyl (C=O) groups is 4. The van der Waals surface area contributed by atoms with Gasteiger partial charge in [0, 0.05) is 25.3 Å². The Morgan fingerprint density at radius 2 is 1.60 bits per heavy atom. The molecule has 0 saturated heterocycles. The molecule has 1 unspecified atom stereocenters. The first kappa shape index (κ1) is 30.1. The molecule has 0 aromatic heterocycles. The maximum atomic E-state index is 13.7. The number of fused-ring (bicyclic) bond motifs is 1. The van der Waals surface area contributed by atoms with Gasteiger partial charge in [-0.05, 0) is 62.6 Å². The Bertz CT molecular complexity index is 1420. The molecule has 10 nitrogen and oxygen atoms in total. The van der Waals surface area contributed by atoms with E-state index >= 15 is 0 Å².